The molecule has 1 amide bonds. The Labute approximate surface area is 132 Å². The number of ether oxygens (including phenoxy) is 1. The fourth-order valence-electron chi connectivity index (χ4n) is 2.01. The first-order valence-corrected chi connectivity index (χ1v) is 7.23. The first-order valence-electron chi connectivity index (χ1n) is 6.44. The van der Waals surface area contributed by atoms with Crippen molar-refractivity contribution >= 4 is 33.2 Å². The van der Waals surface area contributed by atoms with Gasteiger partial charge in [0.1, 0.15) is 5.75 Å². The number of nitrogens with zero attached hydrogens (tertiary/aromatic N) is 1. The number of carbonyl (C=O) groups excluding carboxylic acids is 1. The number of carbonyl (C=O) groups is 1. The number of halogens is 1. The van der Waals surface area contributed by atoms with E-state index in [1.54, 1.807) is 19.2 Å². The highest BCUT2D eigenvalue weighted by atomic mass is 79.9. The smallest absolute Gasteiger partial charge is 0.259 e. The maximum Gasteiger partial charge on any atom is 0.259 e. The molecule has 0 radical (unpaired) electrons. The second-order valence-corrected chi connectivity index (χ2v) is 5.63. The summed E-state index contributed by atoms with van der Waals surface area (Å²) in [4.78, 5) is 14.4. The Morgan fingerprint density at radius 2 is 1.90 bits per heavy atom. The molecule has 21 heavy (non-hydrogen) atoms. The lowest BCUT2D eigenvalue weighted by Crippen LogP contribution is -2.17. The van der Waals surface area contributed by atoms with Gasteiger partial charge in [-0.05, 0) is 30.3 Å². The Balaban J connectivity index is 2.31. The van der Waals surface area contributed by atoms with E-state index in [2.05, 4.69) is 21.2 Å². The lowest BCUT2D eigenvalue weighted by molar-refractivity contribution is 0.102. The average Bonchev–Trinajstić information content (AvgIpc) is 2.47. The Bertz CT molecular complexity index is 656. The highest BCUT2D eigenvalue weighted by Gasteiger charge is 2.14. The molecule has 0 unspecified atom stereocenters. The van der Waals surface area contributed by atoms with Crippen molar-refractivity contribution in [2.45, 2.75) is 0 Å². The molecular weight excluding hydrogens is 332 g/mol. The van der Waals surface area contributed by atoms with E-state index in [0.717, 1.165) is 15.8 Å². The third kappa shape index (κ3) is 3.55. The zero-order valence-electron chi connectivity index (χ0n) is 12.2. The molecule has 0 heterocycles. The largest absolute Gasteiger partial charge is 0.496 e. The molecule has 0 saturated heterocycles. The van der Waals surface area contributed by atoms with Gasteiger partial charge < -0.3 is 15.0 Å². The van der Waals surface area contributed by atoms with E-state index in [-0.39, 0.29) is 5.91 Å². The predicted octanol–water partition coefficient (Wildman–Crippen LogP) is 3.78. The Morgan fingerprint density at radius 3 is 2.57 bits per heavy atom. The number of amides is 1. The minimum atomic E-state index is -0.200. The minimum Gasteiger partial charge on any atom is -0.496 e. The number of rotatable bonds is 4. The molecule has 0 saturated carbocycles. The van der Waals surface area contributed by atoms with Crippen molar-refractivity contribution in [3.8, 4) is 5.75 Å². The molecule has 110 valence electrons. The molecule has 5 heteroatoms. The summed E-state index contributed by atoms with van der Waals surface area (Å²) in [7, 11) is 5.42. The number of methoxy groups -OCH3 is 1. The van der Waals surface area contributed by atoms with Crippen LogP contribution in [0.1, 0.15) is 10.4 Å². The average molecular weight is 349 g/mol. The van der Waals surface area contributed by atoms with Gasteiger partial charge in [-0.1, -0.05) is 28.1 Å². The number of hydrogen-bond acceptors (Lipinski definition) is 3. The molecule has 0 atom stereocenters. The Kier molecular flexibility index (Phi) is 4.85. The highest BCUT2D eigenvalue weighted by Crippen LogP contribution is 2.27. The monoisotopic (exact) mass is 348 g/mol. The second kappa shape index (κ2) is 6.63. The topological polar surface area (TPSA) is 41.6 Å². The number of anilines is 2. The molecule has 0 fully saturated rings. The van der Waals surface area contributed by atoms with Crippen molar-refractivity contribution in [2.75, 3.05) is 31.4 Å². The number of nitrogens with one attached hydrogen (secondary N) is 1. The van der Waals surface area contributed by atoms with Gasteiger partial charge in [0.2, 0.25) is 0 Å². The minimum absolute atomic E-state index is 0.200. The standard InChI is InChI=1S/C16H17BrN2O2/c1-19(2)14-7-5-4-6-13(14)18-16(20)12-9-8-11(17)10-15(12)21-3/h4-10H,1-3H3,(H,18,20). The van der Waals surface area contributed by atoms with Crippen LogP contribution in [0.3, 0.4) is 0 Å². The number of para-hydroxylation sites is 2. The third-order valence-electron chi connectivity index (χ3n) is 3.04. The summed E-state index contributed by atoms with van der Waals surface area (Å²) in [6.07, 6.45) is 0. The van der Waals surface area contributed by atoms with Gasteiger partial charge in [0.15, 0.2) is 0 Å². The second-order valence-electron chi connectivity index (χ2n) is 4.71. The molecule has 0 aliphatic heterocycles. The van der Waals surface area contributed by atoms with Crippen molar-refractivity contribution in [3.05, 3.63) is 52.5 Å². The van der Waals surface area contributed by atoms with Crippen LogP contribution in [0.2, 0.25) is 0 Å². The Hall–Kier alpha value is -2.01. The fraction of sp³-hybridized carbons (Fsp3) is 0.188. The van der Waals surface area contributed by atoms with Crippen LogP contribution < -0.4 is 15.0 Å². The molecular formula is C16H17BrN2O2. The lowest BCUT2D eigenvalue weighted by atomic mass is 10.1. The molecule has 4 nitrogen and oxygen atoms in total. The van der Waals surface area contributed by atoms with E-state index in [1.807, 2.05) is 49.3 Å². The maximum atomic E-state index is 12.5. The number of benzene rings is 2. The lowest BCUT2D eigenvalue weighted by Gasteiger charge is -2.18. The van der Waals surface area contributed by atoms with Crippen molar-refractivity contribution in [2.24, 2.45) is 0 Å². The van der Waals surface area contributed by atoms with E-state index < -0.39 is 0 Å². The summed E-state index contributed by atoms with van der Waals surface area (Å²) < 4.78 is 6.13. The normalized spacial score (nSPS) is 10.1. The highest BCUT2D eigenvalue weighted by molar-refractivity contribution is 9.10. The van der Waals surface area contributed by atoms with Gasteiger partial charge in [0.25, 0.3) is 5.91 Å². The van der Waals surface area contributed by atoms with E-state index >= 15 is 0 Å². The van der Waals surface area contributed by atoms with Crippen LogP contribution in [0.5, 0.6) is 5.75 Å². The maximum absolute atomic E-state index is 12.5. The third-order valence-corrected chi connectivity index (χ3v) is 3.54. The summed E-state index contributed by atoms with van der Waals surface area (Å²) >= 11 is 3.37. The molecule has 0 aliphatic rings. The first kappa shape index (κ1) is 15.4. The van der Waals surface area contributed by atoms with Crippen LogP contribution in [0.25, 0.3) is 0 Å². The zero-order valence-corrected chi connectivity index (χ0v) is 13.8. The van der Waals surface area contributed by atoms with Crippen LogP contribution in [0.15, 0.2) is 46.9 Å². The predicted molar refractivity (Wildman–Crippen MR) is 89.4 cm³/mol. The molecule has 0 aliphatic carbocycles. The van der Waals surface area contributed by atoms with Crippen LogP contribution in [-0.4, -0.2) is 27.1 Å². The number of hydrogen-bond donors (Lipinski definition) is 1. The molecule has 0 aromatic heterocycles. The molecule has 0 spiro atoms. The van der Waals surface area contributed by atoms with Crippen molar-refractivity contribution < 1.29 is 9.53 Å². The van der Waals surface area contributed by atoms with Gasteiger partial charge in [-0.25, -0.2) is 0 Å². The molecule has 2 aromatic rings. The van der Waals surface area contributed by atoms with Crippen LogP contribution in [0.4, 0.5) is 11.4 Å². The molecule has 1 N–H and O–H groups in total. The zero-order chi connectivity index (χ0) is 15.4. The summed E-state index contributed by atoms with van der Waals surface area (Å²) in [6.45, 7) is 0. The van der Waals surface area contributed by atoms with Crippen LogP contribution >= 0.6 is 15.9 Å². The molecule has 2 rings (SSSR count). The van der Waals surface area contributed by atoms with Crippen molar-refractivity contribution in [1.82, 2.24) is 0 Å². The SMILES string of the molecule is COc1cc(Br)ccc1C(=O)Nc1ccccc1N(C)C. The van der Waals surface area contributed by atoms with Crippen LogP contribution in [-0.2, 0) is 0 Å². The van der Waals surface area contributed by atoms with E-state index in [1.165, 1.54) is 0 Å². The van der Waals surface area contributed by atoms with Crippen LogP contribution in [0, 0.1) is 0 Å². The van der Waals surface area contributed by atoms with E-state index in [0.29, 0.717) is 11.3 Å². The summed E-state index contributed by atoms with van der Waals surface area (Å²) in [6, 6.07) is 13.0. The van der Waals surface area contributed by atoms with Gasteiger partial charge in [-0.15, -0.1) is 0 Å². The van der Waals surface area contributed by atoms with Gasteiger partial charge >= 0.3 is 0 Å². The summed E-state index contributed by atoms with van der Waals surface area (Å²) in [5.41, 5.74) is 2.20. The molecule has 2 aromatic carbocycles. The fourth-order valence-corrected chi connectivity index (χ4v) is 2.35. The quantitative estimate of drug-likeness (QED) is 0.914. The van der Waals surface area contributed by atoms with Gasteiger partial charge in [-0.2, -0.15) is 0 Å². The van der Waals surface area contributed by atoms with E-state index in [4.69, 9.17) is 4.74 Å². The van der Waals surface area contributed by atoms with Gasteiger partial charge in [0, 0.05) is 18.6 Å². The Morgan fingerprint density at radius 1 is 1.19 bits per heavy atom. The van der Waals surface area contributed by atoms with Crippen molar-refractivity contribution in [1.29, 1.82) is 0 Å². The summed E-state index contributed by atoms with van der Waals surface area (Å²) in [5.74, 6) is 0.331. The van der Waals surface area contributed by atoms with Gasteiger partial charge in [-0.3, -0.25) is 4.79 Å². The van der Waals surface area contributed by atoms with Gasteiger partial charge in [0.05, 0.1) is 24.0 Å². The molecule has 0 bridgehead atoms. The summed E-state index contributed by atoms with van der Waals surface area (Å²) in [5, 5.41) is 2.93. The van der Waals surface area contributed by atoms with E-state index in [9.17, 15) is 4.79 Å². The first-order chi connectivity index (χ1) is 10.0. The van der Waals surface area contributed by atoms with Crippen molar-refractivity contribution in [3.63, 3.8) is 0 Å².